The summed E-state index contributed by atoms with van der Waals surface area (Å²) in [7, 11) is -3.71. The van der Waals surface area contributed by atoms with Crippen LogP contribution in [0.15, 0.2) is 71.6 Å². The van der Waals surface area contributed by atoms with Crippen molar-refractivity contribution in [2.45, 2.75) is 11.8 Å². The van der Waals surface area contributed by atoms with Gasteiger partial charge in [0.2, 0.25) is 0 Å². The summed E-state index contributed by atoms with van der Waals surface area (Å²) >= 11 is 0. The number of hydrogen-bond donors (Lipinski definition) is 1. The fourth-order valence-electron chi connectivity index (χ4n) is 2.44. The third-order valence-electron chi connectivity index (χ3n) is 3.68. The number of nitrogens with one attached hydrogen (secondary N) is 1. The molecule has 25 heavy (non-hydrogen) atoms. The van der Waals surface area contributed by atoms with Gasteiger partial charge in [-0.25, -0.2) is 13.2 Å². The van der Waals surface area contributed by atoms with Crippen LogP contribution in [-0.2, 0) is 14.8 Å². The van der Waals surface area contributed by atoms with Gasteiger partial charge < -0.3 is 4.74 Å². The van der Waals surface area contributed by atoms with Crippen LogP contribution in [-0.4, -0.2) is 21.0 Å². The number of anilines is 1. The van der Waals surface area contributed by atoms with E-state index in [9.17, 15) is 13.2 Å². The monoisotopic (exact) mass is 355 g/mol. The standard InChI is InChI=1S/C19H17NO4S/c1-2-24-19(21)15-7-10-17(11-8-15)20-25(22,23)18-12-9-14-5-3-4-6-16(14)13-18/h3-13,20H,2H2,1H3. The number of ether oxygens (including phenoxy) is 1. The highest BCUT2D eigenvalue weighted by Gasteiger charge is 2.15. The van der Waals surface area contributed by atoms with Gasteiger partial charge in [-0.15, -0.1) is 0 Å². The molecule has 0 fully saturated rings. The molecule has 3 aromatic rings. The van der Waals surface area contributed by atoms with E-state index in [1.165, 1.54) is 24.3 Å². The molecule has 0 amide bonds. The number of fused-ring (bicyclic) bond motifs is 1. The Hall–Kier alpha value is -2.86. The van der Waals surface area contributed by atoms with Gasteiger partial charge in [0.25, 0.3) is 10.0 Å². The molecule has 0 aliphatic carbocycles. The lowest BCUT2D eigenvalue weighted by atomic mass is 10.1. The Balaban J connectivity index is 1.84. The van der Waals surface area contributed by atoms with E-state index in [0.717, 1.165) is 10.8 Å². The van der Waals surface area contributed by atoms with Gasteiger partial charge in [-0.1, -0.05) is 30.3 Å². The van der Waals surface area contributed by atoms with Crippen LogP contribution >= 0.6 is 0 Å². The van der Waals surface area contributed by atoms with Crippen LogP contribution in [0.2, 0.25) is 0 Å². The third-order valence-corrected chi connectivity index (χ3v) is 5.06. The van der Waals surface area contributed by atoms with E-state index in [1.807, 2.05) is 24.3 Å². The van der Waals surface area contributed by atoms with Crippen molar-refractivity contribution >= 4 is 32.5 Å². The van der Waals surface area contributed by atoms with Gasteiger partial charge in [-0.2, -0.15) is 0 Å². The molecule has 128 valence electrons. The summed E-state index contributed by atoms with van der Waals surface area (Å²) in [5, 5.41) is 1.82. The predicted octanol–water partition coefficient (Wildman–Crippen LogP) is 3.82. The molecular weight excluding hydrogens is 338 g/mol. The smallest absolute Gasteiger partial charge is 0.338 e. The summed E-state index contributed by atoms with van der Waals surface area (Å²) in [4.78, 5) is 11.8. The molecule has 0 bridgehead atoms. The average Bonchev–Trinajstić information content (AvgIpc) is 2.62. The first-order chi connectivity index (χ1) is 12.0. The summed E-state index contributed by atoms with van der Waals surface area (Å²) in [6, 6.07) is 18.6. The number of hydrogen-bond acceptors (Lipinski definition) is 4. The van der Waals surface area contributed by atoms with Crippen LogP contribution < -0.4 is 4.72 Å². The molecule has 5 nitrogen and oxygen atoms in total. The third kappa shape index (κ3) is 3.80. The van der Waals surface area contributed by atoms with Crippen molar-refractivity contribution in [2.24, 2.45) is 0 Å². The van der Waals surface area contributed by atoms with Gasteiger partial charge in [0, 0.05) is 5.69 Å². The molecule has 0 spiro atoms. The normalized spacial score (nSPS) is 11.2. The van der Waals surface area contributed by atoms with Crippen LogP contribution in [0.25, 0.3) is 10.8 Å². The number of carbonyl (C=O) groups is 1. The Labute approximate surface area is 146 Å². The summed E-state index contributed by atoms with van der Waals surface area (Å²) in [6.07, 6.45) is 0. The summed E-state index contributed by atoms with van der Waals surface area (Å²) in [5.74, 6) is -0.438. The van der Waals surface area contributed by atoms with E-state index in [4.69, 9.17) is 4.74 Å². The van der Waals surface area contributed by atoms with Crippen molar-refractivity contribution in [1.29, 1.82) is 0 Å². The summed E-state index contributed by atoms with van der Waals surface area (Å²) in [5.41, 5.74) is 0.747. The topological polar surface area (TPSA) is 72.5 Å². The maximum absolute atomic E-state index is 12.6. The molecule has 0 aromatic heterocycles. The first-order valence-corrected chi connectivity index (χ1v) is 9.27. The number of benzene rings is 3. The molecule has 0 saturated heterocycles. The quantitative estimate of drug-likeness (QED) is 0.706. The van der Waals surface area contributed by atoms with Crippen LogP contribution in [0.1, 0.15) is 17.3 Å². The zero-order valence-corrected chi connectivity index (χ0v) is 14.4. The first kappa shape index (κ1) is 17.0. The van der Waals surface area contributed by atoms with Gasteiger partial charge in [-0.05, 0) is 54.1 Å². The van der Waals surface area contributed by atoms with Crippen molar-refractivity contribution in [3.8, 4) is 0 Å². The minimum atomic E-state index is -3.71. The molecule has 3 rings (SSSR count). The molecule has 1 N–H and O–H groups in total. The molecular formula is C19H17NO4S. The fourth-order valence-corrected chi connectivity index (χ4v) is 3.53. The Kier molecular flexibility index (Phi) is 4.72. The SMILES string of the molecule is CCOC(=O)c1ccc(NS(=O)(=O)c2ccc3ccccc3c2)cc1. The molecule has 0 unspecified atom stereocenters. The van der Waals surface area contributed by atoms with Gasteiger partial charge >= 0.3 is 5.97 Å². The Morgan fingerprint density at radius 1 is 0.960 bits per heavy atom. The van der Waals surface area contributed by atoms with E-state index < -0.39 is 16.0 Å². The molecule has 0 aliphatic rings. The maximum Gasteiger partial charge on any atom is 0.338 e. The van der Waals surface area contributed by atoms with E-state index in [-0.39, 0.29) is 11.5 Å². The van der Waals surface area contributed by atoms with Gasteiger partial charge in [0.05, 0.1) is 17.1 Å². The lowest BCUT2D eigenvalue weighted by Gasteiger charge is -2.09. The van der Waals surface area contributed by atoms with Crippen molar-refractivity contribution < 1.29 is 17.9 Å². The zero-order chi connectivity index (χ0) is 17.9. The Bertz CT molecular complexity index is 1010. The molecule has 0 atom stereocenters. The van der Waals surface area contributed by atoms with Gasteiger partial charge in [0.15, 0.2) is 0 Å². The highest BCUT2D eigenvalue weighted by molar-refractivity contribution is 7.92. The number of carbonyl (C=O) groups excluding carboxylic acids is 1. The first-order valence-electron chi connectivity index (χ1n) is 7.78. The molecule has 3 aromatic carbocycles. The molecule has 6 heteroatoms. The second-order valence-corrected chi connectivity index (χ2v) is 7.09. The van der Waals surface area contributed by atoms with Crippen molar-refractivity contribution in [3.05, 3.63) is 72.3 Å². The molecule has 0 aliphatic heterocycles. The van der Waals surface area contributed by atoms with Gasteiger partial charge in [0.1, 0.15) is 0 Å². The van der Waals surface area contributed by atoms with Gasteiger partial charge in [-0.3, -0.25) is 4.72 Å². The second-order valence-electron chi connectivity index (χ2n) is 5.41. The number of sulfonamides is 1. The van der Waals surface area contributed by atoms with Crippen LogP contribution in [0.5, 0.6) is 0 Å². The highest BCUT2D eigenvalue weighted by atomic mass is 32.2. The average molecular weight is 355 g/mol. The lowest BCUT2D eigenvalue weighted by molar-refractivity contribution is 0.0526. The Morgan fingerprint density at radius 2 is 1.64 bits per heavy atom. The molecule has 0 radical (unpaired) electrons. The van der Waals surface area contributed by atoms with E-state index in [1.54, 1.807) is 25.1 Å². The lowest BCUT2D eigenvalue weighted by Crippen LogP contribution is -2.13. The van der Waals surface area contributed by atoms with E-state index >= 15 is 0 Å². The number of esters is 1. The maximum atomic E-state index is 12.6. The summed E-state index contributed by atoms with van der Waals surface area (Å²) in [6.45, 7) is 2.01. The largest absolute Gasteiger partial charge is 0.462 e. The highest BCUT2D eigenvalue weighted by Crippen LogP contribution is 2.21. The van der Waals surface area contributed by atoms with Crippen molar-refractivity contribution in [1.82, 2.24) is 0 Å². The fraction of sp³-hybridized carbons (Fsp3) is 0.105. The number of rotatable bonds is 5. The van der Waals surface area contributed by atoms with Crippen LogP contribution in [0.4, 0.5) is 5.69 Å². The second kappa shape index (κ2) is 6.94. The summed E-state index contributed by atoms with van der Waals surface area (Å²) < 4.78 is 32.5. The molecule has 0 heterocycles. The molecule has 0 saturated carbocycles. The minimum absolute atomic E-state index is 0.181. The zero-order valence-electron chi connectivity index (χ0n) is 13.6. The van der Waals surface area contributed by atoms with Crippen molar-refractivity contribution in [2.75, 3.05) is 11.3 Å². The van der Waals surface area contributed by atoms with Crippen LogP contribution in [0.3, 0.4) is 0 Å². The van der Waals surface area contributed by atoms with Crippen molar-refractivity contribution in [3.63, 3.8) is 0 Å². The van der Waals surface area contributed by atoms with E-state index in [2.05, 4.69) is 4.72 Å². The van der Waals surface area contributed by atoms with Crippen LogP contribution in [0, 0.1) is 0 Å². The predicted molar refractivity (Wildman–Crippen MR) is 97.2 cm³/mol. The van der Waals surface area contributed by atoms with E-state index in [0.29, 0.717) is 11.3 Å². The minimum Gasteiger partial charge on any atom is -0.462 e. The Morgan fingerprint density at radius 3 is 2.32 bits per heavy atom.